The van der Waals surface area contributed by atoms with Crippen molar-refractivity contribution < 1.29 is 24.1 Å². The molecule has 1 saturated heterocycles. The maximum Gasteiger partial charge on any atom is 0.278 e. The van der Waals surface area contributed by atoms with E-state index in [4.69, 9.17) is 9.47 Å². The van der Waals surface area contributed by atoms with Crippen LogP contribution >= 0.6 is 0 Å². The van der Waals surface area contributed by atoms with E-state index in [2.05, 4.69) is 30.3 Å². The molecule has 0 saturated carbocycles. The normalized spacial score (nSPS) is 18.6. The van der Waals surface area contributed by atoms with Gasteiger partial charge in [0.2, 0.25) is 0 Å². The Balaban J connectivity index is 1.50. The van der Waals surface area contributed by atoms with Crippen LogP contribution in [0.4, 0.5) is 0 Å². The van der Waals surface area contributed by atoms with Crippen LogP contribution in [0.5, 0.6) is 11.5 Å². The number of ether oxygens (including phenoxy) is 2. The Morgan fingerprint density at radius 3 is 2.20 bits per heavy atom. The fourth-order valence-electron chi connectivity index (χ4n) is 4.10. The summed E-state index contributed by atoms with van der Waals surface area (Å²) in [6.07, 6.45) is 0. The van der Waals surface area contributed by atoms with Crippen molar-refractivity contribution in [3.63, 3.8) is 0 Å². The van der Waals surface area contributed by atoms with Crippen molar-refractivity contribution in [2.45, 2.75) is 20.0 Å². The summed E-state index contributed by atoms with van der Waals surface area (Å²) >= 11 is 0. The fourth-order valence-corrected chi connectivity index (χ4v) is 4.10. The van der Waals surface area contributed by atoms with Gasteiger partial charge in [-0.25, -0.2) is 0 Å². The van der Waals surface area contributed by atoms with E-state index in [1.807, 2.05) is 30.0 Å². The summed E-state index contributed by atoms with van der Waals surface area (Å²) < 4.78 is 10.7. The highest BCUT2D eigenvalue weighted by atomic mass is 16.5. The van der Waals surface area contributed by atoms with Crippen LogP contribution in [0.15, 0.2) is 48.5 Å². The van der Waals surface area contributed by atoms with Crippen molar-refractivity contribution >= 4 is 5.91 Å². The number of nitrogens with zero attached hydrogens (tertiary/aromatic N) is 1. The van der Waals surface area contributed by atoms with Crippen LogP contribution in [-0.2, 0) is 17.9 Å². The highest BCUT2D eigenvalue weighted by Crippen LogP contribution is 2.28. The summed E-state index contributed by atoms with van der Waals surface area (Å²) in [6.45, 7) is 9.28. The van der Waals surface area contributed by atoms with Crippen molar-refractivity contribution in [3.05, 3.63) is 59.7 Å². The van der Waals surface area contributed by atoms with Gasteiger partial charge in [-0.15, -0.1) is 0 Å². The molecule has 0 aliphatic carbocycles. The topological polar surface area (TPSA) is 47.6 Å². The molecule has 0 radical (unpaired) electrons. The van der Waals surface area contributed by atoms with E-state index in [9.17, 15) is 4.79 Å². The molecule has 0 atom stereocenters. The van der Waals surface area contributed by atoms with E-state index in [1.54, 1.807) is 19.1 Å². The minimum atomic E-state index is 0.216. The summed E-state index contributed by atoms with van der Waals surface area (Å²) in [5.74, 6) is 1.62. The molecular weight excluding hydrogens is 378 g/mol. The number of piperazine rings is 1. The van der Waals surface area contributed by atoms with Gasteiger partial charge >= 0.3 is 0 Å². The van der Waals surface area contributed by atoms with Gasteiger partial charge in [0.1, 0.15) is 32.7 Å². The van der Waals surface area contributed by atoms with Crippen molar-refractivity contribution in [2.75, 3.05) is 53.5 Å². The highest BCUT2D eigenvalue weighted by molar-refractivity contribution is 5.77. The van der Waals surface area contributed by atoms with Gasteiger partial charge in [0.25, 0.3) is 5.91 Å². The lowest BCUT2D eigenvalue weighted by molar-refractivity contribution is -1.02. The second-order valence-corrected chi connectivity index (χ2v) is 7.94. The van der Waals surface area contributed by atoms with E-state index >= 15 is 0 Å². The zero-order chi connectivity index (χ0) is 21.3. The lowest BCUT2D eigenvalue weighted by atomic mass is 10.1. The number of likely N-dealkylation sites (N-methyl/N-ethyl adjacent to an activating group) is 1. The summed E-state index contributed by atoms with van der Waals surface area (Å²) in [5, 5.41) is 0. The fraction of sp³-hybridized carbons (Fsp3) is 0.458. The number of nitrogens with one attached hydrogen (secondary N) is 2. The second kappa shape index (κ2) is 11.0. The number of carbonyl (C=O) groups is 1. The van der Waals surface area contributed by atoms with Crippen LogP contribution in [0, 0.1) is 0 Å². The van der Waals surface area contributed by atoms with Crippen LogP contribution < -0.4 is 19.3 Å². The predicted octanol–water partition coefficient (Wildman–Crippen LogP) is 0.0359. The molecule has 1 amide bonds. The Kier molecular flexibility index (Phi) is 8.11. The van der Waals surface area contributed by atoms with Gasteiger partial charge in [-0.3, -0.25) is 4.79 Å². The summed E-state index contributed by atoms with van der Waals surface area (Å²) in [4.78, 5) is 17.9. The number of amides is 1. The maximum absolute atomic E-state index is 12.9. The molecule has 2 N–H and O–H groups in total. The van der Waals surface area contributed by atoms with Gasteiger partial charge < -0.3 is 24.2 Å². The minimum absolute atomic E-state index is 0.216. The number of hydrogen-bond donors (Lipinski definition) is 2. The van der Waals surface area contributed by atoms with Gasteiger partial charge in [0.15, 0.2) is 18.0 Å². The van der Waals surface area contributed by atoms with Crippen LogP contribution in [0.25, 0.3) is 0 Å². The number of quaternary nitrogens is 2. The number of carbonyl (C=O) groups excluding carboxylic acids is 1. The van der Waals surface area contributed by atoms with Crippen LogP contribution in [0.3, 0.4) is 0 Å². The Bertz CT molecular complexity index is 805. The van der Waals surface area contributed by atoms with Crippen molar-refractivity contribution in [1.82, 2.24) is 4.90 Å². The molecule has 6 nitrogen and oxygen atoms in total. The molecule has 1 aliphatic heterocycles. The predicted molar refractivity (Wildman–Crippen MR) is 117 cm³/mol. The summed E-state index contributed by atoms with van der Waals surface area (Å²) in [5.41, 5.74) is 2.44. The van der Waals surface area contributed by atoms with E-state index in [0.29, 0.717) is 31.1 Å². The van der Waals surface area contributed by atoms with Crippen LogP contribution in [-0.4, -0.2) is 64.3 Å². The zero-order valence-electron chi connectivity index (χ0n) is 18.4. The number of rotatable bonds is 9. The van der Waals surface area contributed by atoms with Crippen LogP contribution in [0.1, 0.15) is 18.1 Å². The van der Waals surface area contributed by atoms with E-state index in [0.717, 1.165) is 38.3 Å². The first kappa shape index (κ1) is 22.1. The number of benzene rings is 2. The van der Waals surface area contributed by atoms with Crippen molar-refractivity contribution in [1.29, 1.82) is 0 Å². The SMILES string of the molecule is CCN(Cc1ccc(OC)c(OC)c1)C(=O)C[NH+]1CC[NH+](Cc2ccccc2)CC1. The molecular formula is C24H35N3O3+2. The summed E-state index contributed by atoms with van der Waals surface area (Å²) in [7, 11) is 3.26. The lowest BCUT2D eigenvalue weighted by Gasteiger charge is -2.31. The highest BCUT2D eigenvalue weighted by Gasteiger charge is 2.26. The molecule has 162 valence electrons. The van der Waals surface area contributed by atoms with Gasteiger partial charge in [-0.05, 0) is 24.6 Å². The molecule has 1 fully saturated rings. The van der Waals surface area contributed by atoms with E-state index in [1.165, 1.54) is 10.5 Å². The first-order valence-electron chi connectivity index (χ1n) is 10.8. The molecule has 0 unspecified atom stereocenters. The Morgan fingerprint density at radius 1 is 0.900 bits per heavy atom. The molecule has 6 heteroatoms. The molecule has 2 aromatic rings. The number of hydrogen-bond acceptors (Lipinski definition) is 3. The molecule has 2 aromatic carbocycles. The van der Waals surface area contributed by atoms with Crippen molar-refractivity contribution in [2.24, 2.45) is 0 Å². The first-order valence-corrected chi connectivity index (χ1v) is 10.8. The van der Waals surface area contributed by atoms with Gasteiger partial charge in [-0.1, -0.05) is 36.4 Å². The smallest absolute Gasteiger partial charge is 0.278 e. The third kappa shape index (κ3) is 5.97. The molecule has 0 spiro atoms. The minimum Gasteiger partial charge on any atom is -0.493 e. The third-order valence-corrected chi connectivity index (χ3v) is 5.92. The first-order chi connectivity index (χ1) is 14.6. The average molecular weight is 414 g/mol. The standard InChI is InChI=1S/C24H33N3O3/c1-4-27(18-21-10-11-22(29-2)23(16-21)30-3)24(28)19-26-14-12-25(13-15-26)17-20-8-6-5-7-9-20/h5-11,16H,4,12-15,17-19H2,1-3H3/p+2. The molecule has 0 bridgehead atoms. The second-order valence-electron chi connectivity index (χ2n) is 7.94. The Hall–Kier alpha value is -2.57. The Morgan fingerprint density at radius 2 is 1.57 bits per heavy atom. The third-order valence-electron chi connectivity index (χ3n) is 5.92. The number of methoxy groups -OCH3 is 2. The quantitative estimate of drug-likeness (QED) is 0.610. The van der Waals surface area contributed by atoms with Crippen LogP contribution in [0.2, 0.25) is 0 Å². The monoisotopic (exact) mass is 413 g/mol. The van der Waals surface area contributed by atoms with E-state index in [-0.39, 0.29) is 5.91 Å². The largest absolute Gasteiger partial charge is 0.493 e. The van der Waals surface area contributed by atoms with Crippen molar-refractivity contribution in [3.8, 4) is 11.5 Å². The lowest BCUT2D eigenvalue weighted by Crippen LogP contribution is -3.28. The summed E-state index contributed by atoms with van der Waals surface area (Å²) in [6, 6.07) is 16.5. The van der Waals surface area contributed by atoms with E-state index < -0.39 is 0 Å². The molecule has 3 rings (SSSR count). The Labute approximate surface area is 180 Å². The average Bonchev–Trinajstić information content (AvgIpc) is 2.79. The molecule has 30 heavy (non-hydrogen) atoms. The van der Waals surface area contributed by atoms with Gasteiger partial charge in [0.05, 0.1) is 14.2 Å². The maximum atomic E-state index is 12.9. The van der Waals surface area contributed by atoms with Gasteiger partial charge in [-0.2, -0.15) is 0 Å². The molecule has 0 aromatic heterocycles. The zero-order valence-corrected chi connectivity index (χ0v) is 18.4. The van der Waals surface area contributed by atoms with Gasteiger partial charge in [0, 0.05) is 18.7 Å². The molecule has 1 heterocycles. The molecule has 1 aliphatic rings.